The molecule has 1 saturated carbocycles. The van der Waals surface area contributed by atoms with Crippen LogP contribution in [0.2, 0.25) is 0 Å². The van der Waals surface area contributed by atoms with Gasteiger partial charge in [0.05, 0.1) is 11.6 Å². The van der Waals surface area contributed by atoms with Crippen molar-refractivity contribution in [2.24, 2.45) is 5.92 Å². The molecule has 2 N–H and O–H groups in total. The van der Waals surface area contributed by atoms with Crippen LogP contribution in [-0.2, 0) is 4.79 Å². The number of amides is 1. The Labute approximate surface area is 118 Å². The maximum absolute atomic E-state index is 12.3. The molecule has 1 aromatic rings. The minimum atomic E-state index is -0.0162. The summed E-state index contributed by atoms with van der Waals surface area (Å²) in [6.07, 6.45) is 5.89. The van der Waals surface area contributed by atoms with Gasteiger partial charge in [-0.3, -0.25) is 19.4 Å². The Morgan fingerprint density at radius 2 is 1.95 bits per heavy atom. The number of rotatable bonds is 3. The number of anilines is 1. The van der Waals surface area contributed by atoms with Gasteiger partial charge < -0.3 is 5.32 Å². The fourth-order valence-electron chi connectivity index (χ4n) is 3.68. The highest BCUT2D eigenvalue weighted by Crippen LogP contribution is 2.38. The summed E-state index contributed by atoms with van der Waals surface area (Å²) in [4.78, 5) is 24.3. The van der Waals surface area contributed by atoms with Crippen LogP contribution in [0, 0.1) is 5.92 Å². The summed E-state index contributed by atoms with van der Waals surface area (Å²) in [5.41, 5.74) is 0.780. The summed E-state index contributed by atoms with van der Waals surface area (Å²) < 4.78 is 1.93. The number of hydrogen-bond acceptors (Lipinski definition) is 2. The van der Waals surface area contributed by atoms with E-state index in [1.807, 2.05) is 4.68 Å². The molecule has 0 spiro atoms. The number of carbonyl (C=O) groups excluding carboxylic acids is 1. The molecular formula is C15H23N3O2. The molecule has 1 amide bonds. The van der Waals surface area contributed by atoms with Crippen molar-refractivity contribution in [1.29, 1.82) is 0 Å². The van der Waals surface area contributed by atoms with Crippen LogP contribution in [0.5, 0.6) is 0 Å². The van der Waals surface area contributed by atoms with E-state index in [9.17, 15) is 9.59 Å². The molecule has 1 fully saturated rings. The van der Waals surface area contributed by atoms with Crippen molar-refractivity contribution < 1.29 is 4.79 Å². The molecule has 1 aliphatic carbocycles. The first-order valence-electron chi connectivity index (χ1n) is 7.70. The minimum absolute atomic E-state index is 0.0162. The molecule has 0 bridgehead atoms. The summed E-state index contributed by atoms with van der Waals surface area (Å²) in [6, 6.07) is 0.338. The summed E-state index contributed by atoms with van der Waals surface area (Å²) in [6.45, 7) is 4.27. The van der Waals surface area contributed by atoms with Crippen molar-refractivity contribution in [3.63, 3.8) is 0 Å². The number of nitrogens with one attached hydrogen (secondary N) is 2. The Bertz CT molecular complexity index is 564. The van der Waals surface area contributed by atoms with Crippen molar-refractivity contribution >= 4 is 11.7 Å². The van der Waals surface area contributed by atoms with E-state index in [2.05, 4.69) is 24.3 Å². The third-order valence-electron chi connectivity index (χ3n) is 4.51. The zero-order valence-corrected chi connectivity index (χ0v) is 12.2. The third kappa shape index (κ3) is 2.30. The molecular weight excluding hydrogens is 254 g/mol. The Kier molecular flexibility index (Phi) is 3.44. The number of aromatic amines is 1. The average Bonchev–Trinajstić information content (AvgIpc) is 2.96. The molecule has 1 atom stereocenters. The summed E-state index contributed by atoms with van der Waals surface area (Å²) in [5.74, 6) is 1.32. The number of H-pyrrole nitrogens is 1. The lowest BCUT2D eigenvalue weighted by atomic mass is 9.86. The number of fused-ring (bicyclic) bond motifs is 1. The highest BCUT2D eigenvalue weighted by atomic mass is 16.2. The molecule has 1 aliphatic heterocycles. The molecule has 2 aliphatic rings. The van der Waals surface area contributed by atoms with Crippen LogP contribution in [0.15, 0.2) is 4.79 Å². The predicted molar refractivity (Wildman–Crippen MR) is 78.0 cm³/mol. The Morgan fingerprint density at radius 3 is 2.60 bits per heavy atom. The standard InChI is InChI=1S/C15H23N3O2/c1-9(2)7-10-8-12(19)16-14-13(10)15(20)17-18(14)11-5-3-4-6-11/h9-11H,3-8H2,1-2H3,(H,16,19)(H,17,20)/t10-/m1/s1. The van der Waals surface area contributed by atoms with Gasteiger partial charge in [-0.05, 0) is 25.2 Å². The maximum Gasteiger partial charge on any atom is 0.269 e. The van der Waals surface area contributed by atoms with Crippen LogP contribution in [0.25, 0.3) is 0 Å². The van der Waals surface area contributed by atoms with Gasteiger partial charge in [0.25, 0.3) is 5.56 Å². The van der Waals surface area contributed by atoms with Crippen molar-refractivity contribution in [3.05, 3.63) is 15.9 Å². The van der Waals surface area contributed by atoms with Gasteiger partial charge in [0.2, 0.25) is 5.91 Å². The van der Waals surface area contributed by atoms with E-state index in [0.717, 1.165) is 30.6 Å². The highest BCUT2D eigenvalue weighted by molar-refractivity contribution is 5.93. The van der Waals surface area contributed by atoms with E-state index in [4.69, 9.17) is 0 Å². The second-order valence-corrected chi connectivity index (χ2v) is 6.59. The van der Waals surface area contributed by atoms with E-state index < -0.39 is 0 Å². The molecule has 3 rings (SSSR count). The van der Waals surface area contributed by atoms with E-state index in [0.29, 0.717) is 18.4 Å². The van der Waals surface area contributed by atoms with Gasteiger partial charge in [-0.25, -0.2) is 0 Å². The first-order valence-corrected chi connectivity index (χ1v) is 7.70. The van der Waals surface area contributed by atoms with Gasteiger partial charge in [-0.15, -0.1) is 0 Å². The molecule has 0 radical (unpaired) electrons. The molecule has 5 heteroatoms. The van der Waals surface area contributed by atoms with Gasteiger partial charge >= 0.3 is 0 Å². The van der Waals surface area contributed by atoms with Crippen LogP contribution in [0.3, 0.4) is 0 Å². The topological polar surface area (TPSA) is 66.9 Å². The summed E-state index contributed by atoms with van der Waals surface area (Å²) in [5, 5.41) is 5.89. The second kappa shape index (κ2) is 5.11. The number of carbonyl (C=O) groups is 1. The van der Waals surface area contributed by atoms with Crippen molar-refractivity contribution in [1.82, 2.24) is 9.78 Å². The fourth-order valence-corrected chi connectivity index (χ4v) is 3.68. The van der Waals surface area contributed by atoms with E-state index in [1.165, 1.54) is 12.8 Å². The molecule has 5 nitrogen and oxygen atoms in total. The maximum atomic E-state index is 12.3. The zero-order chi connectivity index (χ0) is 14.3. The lowest BCUT2D eigenvalue weighted by molar-refractivity contribution is -0.117. The Balaban J connectivity index is 2.01. The van der Waals surface area contributed by atoms with Gasteiger partial charge in [-0.1, -0.05) is 26.7 Å². The summed E-state index contributed by atoms with van der Waals surface area (Å²) in [7, 11) is 0. The average molecular weight is 277 g/mol. The van der Waals surface area contributed by atoms with Gasteiger partial charge in [0.15, 0.2) is 0 Å². The van der Waals surface area contributed by atoms with Crippen LogP contribution >= 0.6 is 0 Å². The van der Waals surface area contributed by atoms with E-state index in [-0.39, 0.29) is 17.4 Å². The van der Waals surface area contributed by atoms with Crippen LogP contribution in [0.1, 0.15) is 69.9 Å². The number of hydrogen-bond donors (Lipinski definition) is 2. The lowest BCUT2D eigenvalue weighted by Gasteiger charge is -2.25. The normalized spacial score (nSPS) is 23.1. The fraction of sp³-hybridized carbons (Fsp3) is 0.733. The monoisotopic (exact) mass is 277 g/mol. The largest absolute Gasteiger partial charge is 0.311 e. The predicted octanol–water partition coefficient (Wildman–Crippen LogP) is 2.76. The Morgan fingerprint density at radius 1 is 1.25 bits per heavy atom. The lowest BCUT2D eigenvalue weighted by Crippen LogP contribution is -2.27. The molecule has 0 unspecified atom stereocenters. The van der Waals surface area contributed by atoms with Crippen molar-refractivity contribution in [2.45, 2.75) is 64.3 Å². The SMILES string of the molecule is CC(C)C[C@@H]1CC(=O)Nc2c1c(=O)[nH]n2C1CCCC1. The molecule has 2 heterocycles. The van der Waals surface area contributed by atoms with E-state index in [1.54, 1.807) is 0 Å². The van der Waals surface area contributed by atoms with Gasteiger partial charge in [0.1, 0.15) is 5.82 Å². The second-order valence-electron chi connectivity index (χ2n) is 6.59. The molecule has 0 saturated heterocycles. The zero-order valence-electron chi connectivity index (χ0n) is 12.2. The molecule has 110 valence electrons. The van der Waals surface area contributed by atoms with Crippen molar-refractivity contribution in [3.8, 4) is 0 Å². The van der Waals surface area contributed by atoms with Crippen LogP contribution in [0.4, 0.5) is 5.82 Å². The minimum Gasteiger partial charge on any atom is -0.311 e. The van der Waals surface area contributed by atoms with E-state index >= 15 is 0 Å². The summed E-state index contributed by atoms with van der Waals surface area (Å²) >= 11 is 0. The first-order chi connectivity index (χ1) is 9.56. The quantitative estimate of drug-likeness (QED) is 0.892. The number of nitrogens with zero attached hydrogens (tertiary/aromatic N) is 1. The van der Waals surface area contributed by atoms with Crippen LogP contribution < -0.4 is 10.9 Å². The molecule has 0 aromatic carbocycles. The van der Waals surface area contributed by atoms with Gasteiger partial charge in [0, 0.05) is 12.3 Å². The third-order valence-corrected chi connectivity index (χ3v) is 4.51. The smallest absolute Gasteiger partial charge is 0.269 e. The van der Waals surface area contributed by atoms with Gasteiger partial charge in [-0.2, -0.15) is 0 Å². The van der Waals surface area contributed by atoms with Crippen LogP contribution in [-0.4, -0.2) is 15.7 Å². The molecule has 20 heavy (non-hydrogen) atoms. The van der Waals surface area contributed by atoms with Crippen molar-refractivity contribution in [2.75, 3.05) is 5.32 Å². The molecule has 1 aromatic heterocycles. The number of aromatic nitrogens is 2. The highest BCUT2D eigenvalue weighted by Gasteiger charge is 2.33. The Hall–Kier alpha value is -1.52. The first kappa shape index (κ1) is 13.5.